The first-order valence-corrected chi connectivity index (χ1v) is 8.89. The largest absolute Gasteiger partial charge is 0.573 e. The topological polar surface area (TPSA) is 77.8 Å². The highest BCUT2D eigenvalue weighted by atomic mass is 35.5. The lowest BCUT2D eigenvalue weighted by atomic mass is 10.1. The highest BCUT2D eigenvalue weighted by Crippen LogP contribution is 2.35. The van der Waals surface area contributed by atoms with Crippen molar-refractivity contribution in [3.63, 3.8) is 0 Å². The molecule has 0 aliphatic carbocycles. The van der Waals surface area contributed by atoms with Crippen LogP contribution in [0.15, 0.2) is 36.4 Å². The number of carboxylic acid groups (broad SMARTS) is 1. The van der Waals surface area contributed by atoms with Crippen LogP contribution in [0, 0.1) is 6.92 Å². The number of halogens is 4. The minimum atomic E-state index is -4.85. The summed E-state index contributed by atoms with van der Waals surface area (Å²) < 4.78 is 47.3. The fourth-order valence-electron chi connectivity index (χ4n) is 3.20. The number of benzene rings is 2. The fraction of sp³-hybridized carbons (Fsp3) is 0.200. The number of aliphatic carboxylic acids is 1. The maximum absolute atomic E-state index is 13.1. The average Bonchev–Trinajstić information content (AvgIpc) is 2.90. The summed E-state index contributed by atoms with van der Waals surface area (Å²) in [5.41, 5.74) is 1.21. The summed E-state index contributed by atoms with van der Waals surface area (Å²) in [6.07, 6.45) is -5.19. The number of aromatic nitrogens is 1. The number of rotatable bonds is 5. The maximum atomic E-state index is 13.1. The summed E-state index contributed by atoms with van der Waals surface area (Å²) >= 11 is 6.19. The normalized spacial score (nSPS) is 11.5. The van der Waals surface area contributed by atoms with Crippen LogP contribution >= 0.6 is 11.6 Å². The Kier molecular flexibility index (Phi) is 5.67. The molecule has 1 N–H and O–H groups in total. The number of hydrogen-bond acceptors (Lipinski definition) is 4. The Balaban J connectivity index is 2.12. The average molecular weight is 442 g/mol. The first-order chi connectivity index (χ1) is 14.0. The molecule has 6 nitrogen and oxygen atoms in total. The molecule has 30 heavy (non-hydrogen) atoms. The van der Waals surface area contributed by atoms with Crippen LogP contribution in [0.5, 0.6) is 11.5 Å². The molecular formula is C20H15ClF3NO5. The molecule has 0 fully saturated rings. The van der Waals surface area contributed by atoms with Gasteiger partial charge in [0.05, 0.1) is 24.1 Å². The molecule has 3 aromatic rings. The molecule has 10 heteroatoms. The minimum Gasteiger partial charge on any atom is -0.495 e. The molecule has 0 unspecified atom stereocenters. The predicted molar refractivity (Wildman–Crippen MR) is 102 cm³/mol. The van der Waals surface area contributed by atoms with Crippen LogP contribution in [-0.4, -0.2) is 35.0 Å². The molecule has 3 rings (SSSR count). The highest BCUT2D eigenvalue weighted by molar-refractivity contribution is 6.33. The second kappa shape index (κ2) is 7.91. The predicted octanol–water partition coefficient (Wildman–Crippen LogP) is 4.83. The molecule has 0 bridgehead atoms. The van der Waals surface area contributed by atoms with E-state index in [0.717, 1.165) is 12.1 Å². The van der Waals surface area contributed by atoms with Gasteiger partial charge in [0.1, 0.15) is 11.5 Å². The van der Waals surface area contributed by atoms with Crippen molar-refractivity contribution in [1.82, 2.24) is 4.57 Å². The van der Waals surface area contributed by atoms with Crippen molar-refractivity contribution < 1.29 is 37.3 Å². The Bertz CT molecular complexity index is 1140. The second-order valence-electron chi connectivity index (χ2n) is 6.35. The zero-order valence-electron chi connectivity index (χ0n) is 15.7. The van der Waals surface area contributed by atoms with E-state index in [1.54, 1.807) is 13.0 Å². The van der Waals surface area contributed by atoms with Gasteiger partial charge in [-0.05, 0) is 48.9 Å². The molecule has 0 atom stereocenters. The molecule has 0 aliphatic heterocycles. The summed E-state index contributed by atoms with van der Waals surface area (Å²) in [7, 11) is 1.41. The van der Waals surface area contributed by atoms with E-state index in [1.807, 2.05) is 0 Å². The van der Waals surface area contributed by atoms with Crippen LogP contribution in [0.3, 0.4) is 0 Å². The Hall–Kier alpha value is -3.20. The van der Waals surface area contributed by atoms with Gasteiger partial charge in [0.2, 0.25) is 0 Å². The van der Waals surface area contributed by atoms with E-state index in [1.165, 1.54) is 29.9 Å². The number of carboxylic acids is 1. The molecule has 1 aromatic heterocycles. The molecule has 0 saturated carbocycles. The third-order valence-corrected chi connectivity index (χ3v) is 4.77. The van der Waals surface area contributed by atoms with E-state index in [2.05, 4.69) is 4.74 Å². The van der Waals surface area contributed by atoms with Crippen molar-refractivity contribution in [2.45, 2.75) is 19.7 Å². The Morgan fingerprint density at radius 1 is 1.17 bits per heavy atom. The molecule has 0 aliphatic rings. The number of carbonyl (C=O) groups is 2. The molecule has 2 aromatic carbocycles. The number of nitrogens with zero attached hydrogens (tertiary/aromatic N) is 1. The fourth-order valence-corrected chi connectivity index (χ4v) is 3.44. The van der Waals surface area contributed by atoms with Gasteiger partial charge in [-0.2, -0.15) is 0 Å². The van der Waals surface area contributed by atoms with Crippen LogP contribution in [0.4, 0.5) is 13.2 Å². The van der Waals surface area contributed by atoms with Gasteiger partial charge < -0.3 is 14.6 Å². The summed E-state index contributed by atoms with van der Waals surface area (Å²) in [6, 6.07) is 7.46. The number of ether oxygens (including phenoxy) is 2. The number of alkyl halides is 3. The van der Waals surface area contributed by atoms with Gasteiger partial charge in [-0.1, -0.05) is 11.6 Å². The lowest BCUT2D eigenvalue weighted by Crippen LogP contribution is -2.17. The Morgan fingerprint density at radius 3 is 2.33 bits per heavy atom. The quantitative estimate of drug-likeness (QED) is 0.614. The zero-order valence-corrected chi connectivity index (χ0v) is 16.5. The smallest absolute Gasteiger partial charge is 0.495 e. The van der Waals surface area contributed by atoms with Crippen molar-refractivity contribution >= 4 is 34.4 Å². The SMILES string of the molecule is COc1cc2c(CC(=O)O)c(C)n(C(=O)c3ccc(OC(F)(F)F)cc3)c2cc1Cl. The second-order valence-corrected chi connectivity index (χ2v) is 6.76. The van der Waals surface area contributed by atoms with Crippen molar-refractivity contribution in [1.29, 1.82) is 0 Å². The van der Waals surface area contributed by atoms with Gasteiger partial charge in [-0.3, -0.25) is 14.2 Å². The van der Waals surface area contributed by atoms with Gasteiger partial charge >= 0.3 is 12.3 Å². The number of methoxy groups -OCH3 is 1. The molecule has 158 valence electrons. The summed E-state index contributed by atoms with van der Waals surface area (Å²) in [4.78, 5) is 24.5. The van der Waals surface area contributed by atoms with Crippen LogP contribution < -0.4 is 9.47 Å². The van der Waals surface area contributed by atoms with Crippen molar-refractivity contribution in [3.8, 4) is 11.5 Å². The van der Waals surface area contributed by atoms with Crippen LogP contribution in [0.1, 0.15) is 21.6 Å². The summed E-state index contributed by atoms with van der Waals surface area (Å²) in [6.45, 7) is 1.58. The molecule has 0 spiro atoms. The van der Waals surface area contributed by atoms with Crippen LogP contribution in [-0.2, 0) is 11.2 Å². The number of fused-ring (bicyclic) bond motifs is 1. The van der Waals surface area contributed by atoms with Gasteiger partial charge in [0, 0.05) is 16.6 Å². The minimum absolute atomic E-state index is 0.0818. The maximum Gasteiger partial charge on any atom is 0.573 e. The van der Waals surface area contributed by atoms with Gasteiger partial charge in [0.25, 0.3) is 5.91 Å². The highest BCUT2D eigenvalue weighted by Gasteiger charge is 2.31. The Labute approximate surface area is 173 Å². The molecule has 0 radical (unpaired) electrons. The van der Waals surface area contributed by atoms with Crippen molar-refractivity contribution in [3.05, 3.63) is 58.2 Å². The van der Waals surface area contributed by atoms with Gasteiger partial charge in [-0.15, -0.1) is 13.2 Å². The number of carbonyl (C=O) groups excluding carboxylic acids is 1. The lowest BCUT2D eigenvalue weighted by Gasteiger charge is -2.11. The lowest BCUT2D eigenvalue weighted by molar-refractivity contribution is -0.274. The van der Waals surface area contributed by atoms with Crippen molar-refractivity contribution in [2.24, 2.45) is 0 Å². The van der Waals surface area contributed by atoms with E-state index in [-0.39, 0.29) is 17.0 Å². The molecule has 0 saturated heterocycles. The van der Waals surface area contributed by atoms with Gasteiger partial charge in [0.15, 0.2) is 0 Å². The number of hydrogen-bond donors (Lipinski definition) is 1. The van der Waals surface area contributed by atoms with E-state index in [9.17, 15) is 27.9 Å². The standard InChI is InChI=1S/C20H15ClF3NO5/c1-10-13(8-18(26)27)14-7-17(29-2)15(21)9-16(14)25(10)19(28)11-3-5-12(6-4-11)30-20(22,23)24/h3-7,9H,8H2,1-2H3,(H,26,27). The van der Waals surface area contributed by atoms with E-state index in [0.29, 0.717) is 27.9 Å². The summed E-state index contributed by atoms with van der Waals surface area (Å²) in [5.74, 6) is -1.80. The third kappa shape index (κ3) is 4.20. The zero-order chi connectivity index (χ0) is 22.2. The van der Waals surface area contributed by atoms with Crippen molar-refractivity contribution in [2.75, 3.05) is 7.11 Å². The van der Waals surface area contributed by atoms with Crippen LogP contribution in [0.25, 0.3) is 10.9 Å². The first kappa shape index (κ1) is 21.5. The molecular weight excluding hydrogens is 427 g/mol. The molecule has 0 amide bonds. The van der Waals surface area contributed by atoms with Crippen LogP contribution in [0.2, 0.25) is 5.02 Å². The molecule has 1 heterocycles. The monoisotopic (exact) mass is 441 g/mol. The van der Waals surface area contributed by atoms with E-state index >= 15 is 0 Å². The summed E-state index contributed by atoms with van der Waals surface area (Å²) in [5, 5.41) is 9.95. The van der Waals surface area contributed by atoms with E-state index < -0.39 is 24.0 Å². The third-order valence-electron chi connectivity index (χ3n) is 4.47. The Morgan fingerprint density at radius 2 is 1.80 bits per heavy atom. The first-order valence-electron chi connectivity index (χ1n) is 8.51. The van der Waals surface area contributed by atoms with Gasteiger partial charge in [-0.25, -0.2) is 0 Å². The van der Waals surface area contributed by atoms with E-state index in [4.69, 9.17) is 16.3 Å².